The lowest BCUT2D eigenvalue weighted by atomic mass is 10.2. The summed E-state index contributed by atoms with van der Waals surface area (Å²) < 4.78 is 10.8. The van der Waals surface area contributed by atoms with Gasteiger partial charge in [0.15, 0.2) is 0 Å². The SMILES string of the molecule is COCCOc1ccc(Br)cc1C(=O)O. The van der Waals surface area contributed by atoms with E-state index in [1.165, 1.54) is 6.07 Å². The first-order chi connectivity index (χ1) is 7.15. The number of carbonyl (C=O) groups is 1. The molecule has 82 valence electrons. The lowest BCUT2D eigenvalue weighted by molar-refractivity contribution is 0.0689. The molecule has 0 saturated carbocycles. The number of benzene rings is 1. The van der Waals surface area contributed by atoms with Gasteiger partial charge in [0, 0.05) is 11.6 Å². The van der Waals surface area contributed by atoms with Crippen molar-refractivity contribution < 1.29 is 19.4 Å². The molecule has 15 heavy (non-hydrogen) atoms. The third-order valence-electron chi connectivity index (χ3n) is 1.72. The van der Waals surface area contributed by atoms with Crippen LogP contribution in [0.5, 0.6) is 5.75 Å². The van der Waals surface area contributed by atoms with Gasteiger partial charge < -0.3 is 14.6 Å². The third kappa shape index (κ3) is 3.53. The zero-order chi connectivity index (χ0) is 11.3. The van der Waals surface area contributed by atoms with Crippen molar-refractivity contribution >= 4 is 21.9 Å². The fourth-order valence-corrected chi connectivity index (χ4v) is 1.39. The normalized spacial score (nSPS) is 10.0. The van der Waals surface area contributed by atoms with E-state index in [2.05, 4.69) is 15.9 Å². The molecule has 1 aromatic carbocycles. The number of methoxy groups -OCH3 is 1. The molecule has 1 N–H and O–H groups in total. The number of hydrogen-bond acceptors (Lipinski definition) is 3. The molecule has 5 heteroatoms. The Morgan fingerprint density at radius 3 is 2.80 bits per heavy atom. The van der Waals surface area contributed by atoms with Crippen molar-refractivity contribution in [2.45, 2.75) is 0 Å². The standard InChI is InChI=1S/C10H11BrO4/c1-14-4-5-15-9-3-2-7(11)6-8(9)10(12)13/h2-3,6H,4-5H2,1H3,(H,12,13). The smallest absolute Gasteiger partial charge is 0.339 e. The maximum Gasteiger partial charge on any atom is 0.339 e. The minimum absolute atomic E-state index is 0.139. The molecule has 0 fully saturated rings. The first-order valence-corrected chi connectivity index (χ1v) is 5.09. The van der Waals surface area contributed by atoms with Crippen LogP contribution in [-0.2, 0) is 4.74 Å². The summed E-state index contributed by atoms with van der Waals surface area (Å²) >= 11 is 3.20. The molecule has 0 bridgehead atoms. The molecule has 0 atom stereocenters. The highest BCUT2D eigenvalue weighted by molar-refractivity contribution is 9.10. The maximum absolute atomic E-state index is 10.9. The van der Waals surface area contributed by atoms with E-state index in [1.54, 1.807) is 19.2 Å². The van der Waals surface area contributed by atoms with E-state index >= 15 is 0 Å². The predicted octanol–water partition coefficient (Wildman–Crippen LogP) is 2.17. The van der Waals surface area contributed by atoms with Crippen LogP contribution >= 0.6 is 15.9 Å². The highest BCUT2D eigenvalue weighted by Crippen LogP contribution is 2.23. The van der Waals surface area contributed by atoms with Gasteiger partial charge >= 0.3 is 5.97 Å². The minimum Gasteiger partial charge on any atom is -0.490 e. The van der Waals surface area contributed by atoms with Crippen LogP contribution < -0.4 is 4.74 Å². The highest BCUT2D eigenvalue weighted by atomic mass is 79.9. The van der Waals surface area contributed by atoms with Crippen molar-refractivity contribution in [3.05, 3.63) is 28.2 Å². The largest absolute Gasteiger partial charge is 0.490 e. The quantitative estimate of drug-likeness (QED) is 0.837. The Hall–Kier alpha value is -1.07. The fraction of sp³-hybridized carbons (Fsp3) is 0.300. The molecule has 0 saturated heterocycles. The van der Waals surface area contributed by atoms with Crippen LogP contribution in [0.1, 0.15) is 10.4 Å². The Kier molecular flexibility index (Phi) is 4.58. The van der Waals surface area contributed by atoms with Crippen LogP contribution in [0.2, 0.25) is 0 Å². The molecule has 0 aliphatic carbocycles. The molecular formula is C10H11BrO4. The van der Waals surface area contributed by atoms with Gasteiger partial charge in [0.1, 0.15) is 17.9 Å². The van der Waals surface area contributed by atoms with Crippen LogP contribution in [0.25, 0.3) is 0 Å². The number of carboxylic acids is 1. The Labute approximate surface area is 95.9 Å². The van der Waals surface area contributed by atoms with E-state index in [4.69, 9.17) is 14.6 Å². The molecule has 0 unspecified atom stereocenters. The lowest BCUT2D eigenvalue weighted by Gasteiger charge is -2.08. The topological polar surface area (TPSA) is 55.8 Å². The summed E-state index contributed by atoms with van der Waals surface area (Å²) in [5.74, 6) is -0.661. The zero-order valence-corrected chi connectivity index (χ0v) is 9.78. The Bertz CT molecular complexity index is 351. The van der Waals surface area contributed by atoms with Crippen molar-refractivity contribution in [2.24, 2.45) is 0 Å². The summed E-state index contributed by atoms with van der Waals surface area (Å²) in [4.78, 5) is 10.9. The van der Waals surface area contributed by atoms with Crippen LogP contribution in [0.4, 0.5) is 0 Å². The van der Waals surface area contributed by atoms with Crippen LogP contribution in [0, 0.1) is 0 Å². The van der Waals surface area contributed by atoms with Gasteiger partial charge in [-0.15, -0.1) is 0 Å². The van der Waals surface area contributed by atoms with Crippen LogP contribution in [0.15, 0.2) is 22.7 Å². The van der Waals surface area contributed by atoms with Gasteiger partial charge in [-0.2, -0.15) is 0 Å². The summed E-state index contributed by atoms with van der Waals surface area (Å²) in [6.07, 6.45) is 0. The molecule has 0 aliphatic rings. The van der Waals surface area contributed by atoms with Gasteiger partial charge in [-0.3, -0.25) is 0 Å². The zero-order valence-electron chi connectivity index (χ0n) is 8.20. The minimum atomic E-state index is -1.01. The van der Waals surface area contributed by atoms with E-state index in [0.717, 1.165) is 0 Å². The van der Waals surface area contributed by atoms with Gasteiger partial charge in [0.2, 0.25) is 0 Å². The number of aromatic carboxylic acids is 1. The lowest BCUT2D eigenvalue weighted by Crippen LogP contribution is -2.08. The van der Waals surface area contributed by atoms with E-state index < -0.39 is 5.97 Å². The molecule has 0 heterocycles. The van der Waals surface area contributed by atoms with E-state index in [9.17, 15) is 4.79 Å². The Morgan fingerprint density at radius 1 is 1.47 bits per heavy atom. The van der Waals surface area contributed by atoms with E-state index in [-0.39, 0.29) is 5.56 Å². The third-order valence-corrected chi connectivity index (χ3v) is 2.21. The van der Waals surface area contributed by atoms with Crippen molar-refractivity contribution in [1.82, 2.24) is 0 Å². The molecule has 4 nitrogen and oxygen atoms in total. The summed E-state index contributed by atoms with van der Waals surface area (Å²) in [5.41, 5.74) is 0.139. The van der Waals surface area contributed by atoms with Crippen LogP contribution in [-0.4, -0.2) is 31.4 Å². The van der Waals surface area contributed by atoms with Crippen molar-refractivity contribution in [2.75, 3.05) is 20.3 Å². The second-order valence-electron chi connectivity index (χ2n) is 2.79. The second-order valence-corrected chi connectivity index (χ2v) is 3.70. The summed E-state index contributed by atoms with van der Waals surface area (Å²) in [6, 6.07) is 4.85. The number of carboxylic acid groups (broad SMARTS) is 1. The predicted molar refractivity (Wildman–Crippen MR) is 58.5 cm³/mol. The molecule has 0 radical (unpaired) electrons. The number of ether oxygens (including phenoxy) is 2. The molecule has 1 aromatic rings. The molecule has 1 rings (SSSR count). The van der Waals surface area contributed by atoms with Gasteiger partial charge in [-0.1, -0.05) is 15.9 Å². The maximum atomic E-state index is 10.9. The average molecular weight is 275 g/mol. The van der Waals surface area contributed by atoms with Crippen molar-refractivity contribution in [1.29, 1.82) is 0 Å². The fourth-order valence-electron chi connectivity index (χ4n) is 1.03. The van der Waals surface area contributed by atoms with Crippen LogP contribution in [0.3, 0.4) is 0 Å². The molecular weight excluding hydrogens is 264 g/mol. The van der Waals surface area contributed by atoms with Gasteiger partial charge in [0.05, 0.1) is 6.61 Å². The van der Waals surface area contributed by atoms with Gasteiger partial charge in [0.25, 0.3) is 0 Å². The van der Waals surface area contributed by atoms with E-state index in [1.807, 2.05) is 0 Å². The highest BCUT2D eigenvalue weighted by Gasteiger charge is 2.11. The summed E-state index contributed by atoms with van der Waals surface area (Å²) in [7, 11) is 1.56. The molecule has 0 aliphatic heterocycles. The average Bonchev–Trinajstić information content (AvgIpc) is 2.20. The Balaban J connectivity index is 2.81. The van der Waals surface area contributed by atoms with Gasteiger partial charge in [-0.25, -0.2) is 4.79 Å². The van der Waals surface area contributed by atoms with Gasteiger partial charge in [-0.05, 0) is 18.2 Å². The number of halogens is 1. The van der Waals surface area contributed by atoms with Crippen molar-refractivity contribution in [3.63, 3.8) is 0 Å². The first-order valence-electron chi connectivity index (χ1n) is 4.29. The number of rotatable bonds is 5. The van der Waals surface area contributed by atoms with E-state index in [0.29, 0.717) is 23.4 Å². The Morgan fingerprint density at radius 2 is 2.20 bits per heavy atom. The summed E-state index contributed by atoms with van der Waals surface area (Å²) in [5, 5.41) is 8.91. The first kappa shape index (κ1) is 12.0. The number of hydrogen-bond donors (Lipinski definition) is 1. The molecule has 0 amide bonds. The molecule has 0 aromatic heterocycles. The van der Waals surface area contributed by atoms with Crippen molar-refractivity contribution in [3.8, 4) is 5.75 Å². The summed E-state index contributed by atoms with van der Waals surface area (Å²) in [6.45, 7) is 0.757. The second kappa shape index (κ2) is 5.72. The molecule has 0 spiro atoms. The monoisotopic (exact) mass is 274 g/mol.